The van der Waals surface area contributed by atoms with Gasteiger partial charge in [0.05, 0.1) is 18.1 Å². The minimum Gasteiger partial charge on any atom is -0.450 e. The fourth-order valence-electron chi connectivity index (χ4n) is 5.32. The van der Waals surface area contributed by atoms with E-state index in [1.165, 1.54) is 6.92 Å². The summed E-state index contributed by atoms with van der Waals surface area (Å²) in [7, 11) is 0. The molecule has 3 rings (SSSR count). The van der Waals surface area contributed by atoms with Crippen molar-refractivity contribution in [2.24, 2.45) is 29.1 Å². The van der Waals surface area contributed by atoms with Gasteiger partial charge >= 0.3 is 5.97 Å². The highest BCUT2D eigenvalue weighted by molar-refractivity contribution is 6.03. The Kier molecular flexibility index (Phi) is 4.92. The quantitative estimate of drug-likeness (QED) is 0.543. The standard InChI is InChI=1S/C22H32O5/c1-11-7-17-19(25)13(3)10-22(17,27-14(4)23)20(26)12(2)8-15-16(9-18(11)24)21(15,5)6/h7-8,13,15-19,24-25H,9-10H2,1-6H3/b11-7-,12-8-/t13-,15+,16+,17-,18+,19-,22+/m0/s1. The van der Waals surface area contributed by atoms with E-state index in [9.17, 15) is 19.8 Å². The van der Waals surface area contributed by atoms with Gasteiger partial charge in [-0.25, -0.2) is 0 Å². The van der Waals surface area contributed by atoms with E-state index in [-0.39, 0.29) is 29.5 Å². The first kappa shape index (κ1) is 20.3. The van der Waals surface area contributed by atoms with Crippen LogP contribution in [0.3, 0.4) is 0 Å². The fraction of sp³-hybridized carbons (Fsp3) is 0.727. The zero-order valence-electron chi connectivity index (χ0n) is 17.2. The van der Waals surface area contributed by atoms with Crippen LogP contribution in [0.25, 0.3) is 0 Å². The maximum Gasteiger partial charge on any atom is 0.303 e. The van der Waals surface area contributed by atoms with Crippen molar-refractivity contribution in [2.45, 2.75) is 72.2 Å². The number of allylic oxidation sites excluding steroid dienone is 1. The van der Waals surface area contributed by atoms with Crippen molar-refractivity contribution in [3.05, 3.63) is 23.3 Å². The van der Waals surface area contributed by atoms with E-state index in [4.69, 9.17) is 4.74 Å². The molecule has 2 N–H and O–H groups in total. The number of aliphatic hydroxyl groups excluding tert-OH is 2. The summed E-state index contributed by atoms with van der Waals surface area (Å²) in [6.45, 7) is 11.1. The fourth-order valence-corrected chi connectivity index (χ4v) is 5.32. The van der Waals surface area contributed by atoms with Crippen molar-refractivity contribution in [3.8, 4) is 0 Å². The lowest BCUT2D eigenvalue weighted by Gasteiger charge is -2.33. The smallest absolute Gasteiger partial charge is 0.303 e. The van der Waals surface area contributed by atoms with Crippen molar-refractivity contribution < 1.29 is 24.5 Å². The molecule has 0 amide bonds. The number of ether oxygens (including phenoxy) is 1. The predicted octanol–water partition coefficient (Wildman–Crippen LogP) is 2.80. The second-order valence-electron chi connectivity index (χ2n) is 9.48. The molecule has 2 fully saturated rings. The van der Waals surface area contributed by atoms with E-state index in [0.29, 0.717) is 17.9 Å². The molecule has 2 saturated carbocycles. The lowest BCUT2D eigenvalue weighted by atomic mass is 9.81. The van der Waals surface area contributed by atoms with Crippen molar-refractivity contribution in [1.82, 2.24) is 0 Å². The van der Waals surface area contributed by atoms with Gasteiger partial charge in [-0.05, 0) is 54.6 Å². The minimum absolute atomic E-state index is 0.0263. The number of carbonyl (C=O) groups excluding carboxylic acids is 2. The van der Waals surface area contributed by atoms with Crippen molar-refractivity contribution >= 4 is 11.8 Å². The molecule has 0 heterocycles. The number of hydrogen-bond donors (Lipinski definition) is 2. The Balaban J connectivity index is 2.15. The number of Topliss-reactive ketones (excluding diaryl/α,β-unsaturated/α-hetero) is 1. The Morgan fingerprint density at radius 3 is 2.41 bits per heavy atom. The third-order valence-electron chi connectivity index (χ3n) is 7.20. The van der Waals surface area contributed by atoms with Crippen LogP contribution in [0.2, 0.25) is 0 Å². The van der Waals surface area contributed by atoms with E-state index in [1.54, 1.807) is 13.0 Å². The van der Waals surface area contributed by atoms with Crippen LogP contribution in [0.5, 0.6) is 0 Å². The zero-order valence-corrected chi connectivity index (χ0v) is 17.2. The first-order valence-corrected chi connectivity index (χ1v) is 9.89. The SMILES string of the molecule is CC(=O)O[C@]12C[C@H](C)[C@H](O)[C@@H]1/C=C(/C)[C@H](O)C[C@@H]1[C@@H](/C=C(/C)C2=O)C1(C)C. The van der Waals surface area contributed by atoms with Crippen molar-refractivity contribution in [2.75, 3.05) is 0 Å². The molecule has 0 bridgehead atoms. The first-order chi connectivity index (χ1) is 12.4. The molecule has 0 unspecified atom stereocenters. The van der Waals surface area contributed by atoms with E-state index in [0.717, 1.165) is 5.57 Å². The van der Waals surface area contributed by atoms with Gasteiger partial charge in [0, 0.05) is 13.3 Å². The summed E-state index contributed by atoms with van der Waals surface area (Å²) >= 11 is 0. The third kappa shape index (κ3) is 3.19. The third-order valence-corrected chi connectivity index (χ3v) is 7.20. The summed E-state index contributed by atoms with van der Waals surface area (Å²) in [5.41, 5.74) is -0.0899. The molecule has 150 valence electrons. The molecule has 0 spiro atoms. The molecule has 0 aromatic heterocycles. The van der Waals surface area contributed by atoms with Gasteiger partial charge in [0.1, 0.15) is 0 Å². The molecule has 27 heavy (non-hydrogen) atoms. The molecular weight excluding hydrogens is 344 g/mol. The summed E-state index contributed by atoms with van der Waals surface area (Å²) in [6.07, 6.45) is 3.20. The predicted molar refractivity (Wildman–Crippen MR) is 102 cm³/mol. The molecule has 3 aliphatic carbocycles. The topological polar surface area (TPSA) is 83.8 Å². The van der Waals surface area contributed by atoms with Crippen LogP contribution in [0.1, 0.15) is 54.4 Å². The van der Waals surface area contributed by atoms with Gasteiger partial charge in [0.15, 0.2) is 5.60 Å². The number of hydrogen-bond acceptors (Lipinski definition) is 5. The second-order valence-corrected chi connectivity index (χ2v) is 9.48. The van der Waals surface area contributed by atoms with Crippen LogP contribution >= 0.6 is 0 Å². The van der Waals surface area contributed by atoms with Gasteiger partial charge in [0.25, 0.3) is 0 Å². The molecule has 5 nitrogen and oxygen atoms in total. The number of rotatable bonds is 1. The number of esters is 1. The van der Waals surface area contributed by atoms with Crippen LogP contribution < -0.4 is 0 Å². The maximum absolute atomic E-state index is 13.5. The van der Waals surface area contributed by atoms with Gasteiger partial charge in [-0.3, -0.25) is 9.59 Å². The monoisotopic (exact) mass is 376 g/mol. The molecule has 5 heteroatoms. The lowest BCUT2D eigenvalue weighted by Crippen LogP contribution is -2.48. The highest BCUT2D eigenvalue weighted by atomic mass is 16.6. The van der Waals surface area contributed by atoms with Crippen LogP contribution in [0, 0.1) is 29.1 Å². The summed E-state index contributed by atoms with van der Waals surface area (Å²) in [5.74, 6) is -1.12. The van der Waals surface area contributed by atoms with E-state index in [1.807, 2.05) is 19.9 Å². The van der Waals surface area contributed by atoms with Gasteiger partial charge in [-0.2, -0.15) is 0 Å². The van der Waals surface area contributed by atoms with Crippen LogP contribution in [-0.4, -0.2) is 39.8 Å². The Bertz CT molecular complexity index is 718. The zero-order chi connectivity index (χ0) is 20.3. The second kappa shape index (κ2) is 6.56. The molecule has 0 aliphatic heterocycles. The average molecular weight is 376 g/mol. The normalized spacial score (nSPS) is 47.5. The minimum atomic E-state index is -1.41. The largest absolute Gasteiger partial charge is 0.450 e. The number of carbonyl (C=O) groups is 2. The highest BCUT2D eigenvalue weighted by Crippen LogP contribution is 2.62. The molecule has 0 aromatic rings. The van der Waals surface area contributed by atoms with Crippen molar-refractivity contribution in [3.63, 3.8) is 0 Å². The van der Waals surface area contributed by atoms with Gasteiger partial charge in [-0.15, -0.1) is 0 Å². The lowest BCUT2D eigenvalue weighted by molar-refractivity contribution is -0.168. The van der Waals surface area contributed by atoms with E-state index in [2.05, 4.69) is 13.8 Å². The van der Waals surface area contributed by atoms with E-state index >= 15 is 0 Å². The molecule has 0 saturated heterocycles. The molecular formula is C22H32O5. The molecule has 0 radical (unpaired) electrons. The number of ketones is 1. The average Bonchev–Trinajstić information content (AvgIpc) is 2.97. The van der Waals surface area contributed by atoms with Crippen LogP contribution in [-0.2, 0) is 14.3 Å². The molecule has 0 aromatic carbocycles. The Labute approximate surface area is 161 Å². The number of fused-ring (bicyclic) bond motifs is 2. The molecule has 3 aliphatic rings. The van der Waals surface area contributed by atoms with Crippen molar-refractivity contribution in [1.29, 1.82) is 0 Å². The Morgan fingerprint density at radius 1 is 1.19 bits per heavy atom. The summed E-state index contributed by atoms with van der Waals surface area (Å²) in [5, 5.41) is 21.5. The van der Waals surface area contributed by atoms with Gasteiger partial charge in [-0.1, -0.05) is 32.9 Å². The summed E-state index contributed by atoms with van der Waals surface area (Å²) < 4.78 is 5.67. The Hall–Kier alpha value is -1.46. The van der Waals surface area contributed by atoms with E-state index < -0.39 is 29.7 Å². The Morgan fingerprint density at radius 2 is 1.81 bits per heavy atom. The highest BCUT2D eigenvalue weighted by Gasteiger charge is 2.60. The first-order valence-electron chi connectivity index (χ1n) is 9.89. The maximum atomic E-state index is 13.5. The van der Waals surface area contributed by atoms with Crippen LogP contribution in [0.4, 0.5) is 0 Å². The van der Waals surface area contributed by atoms with Gasteiger partial charge in [0.2, 0.25) is 5.78 Å². The molecule has 7 atom stereocenters. The van der Waals surface area contributed by atoms with Gasteiger partial charge < -0.3 is 14.9 Å². The van der Waals surface area contributed by atoms with Crippen LogP contribution in [0.15, 0.2) is 23.3 Å². The summed E-state index contributed by atoms with van der Waals surface area (Å²) in [6, 6.07) is 0. The number of aliphatic hydroxyl groups is 2. The summed E-state index contributed by atoms with van der Waals surface area (Å²) in [4.78, 5) is 25.4.